The molecule has 2 rings (SSSR count). The summed E-state index contributed by atoms with van der Waals surface area (Å²) in [7, 11) is 1.38. The Balaban J connectivity index is 2.07. The number of hydrogen-bond donors (Lipinski definition) is 1. The molecule has 1 heterocycles. The number of carbonyl (C=O) groups is 1. The van der Waals surface area contributed by atoms with Crippen molar-refractivity contribution < 1.29 is 18.7 Å². The van der Waals surface area contributed by atoms with E-state index < -0.39 is 11.8 Å². The number of methoxy groups -OCH3 is 1. The lowest BCUT2D eigenvalue weighted by atomic mass is 10.2. The van der Waals surface area contributed by atoms with E-state index >= 15 is 0 Å². The number of esters is 1. The highest BCUT2D eigenvalue weighted by molar-refractivity contribution is 5.91. The Bertz CT molecular complexity index is 674. The highest BCUT2D eigenvalue weighted by Gasteiger charge is 2.13. The van der Waals surface area contributed by atoms with Gasteiger partial charge in [-0.1, -0.05) is 6.07 Å². The van der Waals surface area contributed by atoms with Gasteiger partial charge in [0.05, 0.1) is 30.3 Å². The fourth-order valence-electron chi connectivity index (χ4n) is 1.78. The van der Waals surface area contributed by atoms with Crippen molar-refractivity contribution in [3.05, 3.63) is 53.1 Å². The summed E-state index contributed by atoms with van der Waals surface area (Å²) in [6, 6.07) is 5.86. The third-order valence-electron chi connectivity index (χ3n) is 2.91. The van der Waals surface area contributed by atoms with E-state index in [1.54, 1.807) is 13.0 Å². The molecule has 1 aromatic carbocycles. The van der Waals surface area contributed by atoms with Crippen LogP contribution in [0, 0.1) is 12.7 Å². The molecule has 2 N–H and O–H groups in total. The Morgan fingerprint density at radius 1 is 1.38 bits per heavy atom. The molecule has 0 spiro atoms. The van der Waals surface area contributed by atoms with E-state index in [-0.39, 0.29) is 12.4 Å². The zero-order chi connectivity index (χ0) is 15.4. The van der Waals surface area contributed by atoms with Crippen LogP contribution in [-0.2, 0) is 11.3 Å². The van der Waals surface area contributed by atoms with Crippen LogP contribution in [0.5, 0.6) is 5.75 Å². The minimum absolute atomic E-state index is 0.0476. The number of halogens is 1. The summed E-state index contributed by atoms with van der Waals surface area (Å²) in [5.74, 6) is -0.919. The van der Waals surface area contributed by atoms with Gasteiger partial charge < -0.3 is 15.2 Å². The summed E-state index contributed by atoms with van der Waals surface area (Å²) < 4.78 is 23.5. The van der Waals surface area contributed by atoms with Crippen molar-refractivity contribution in [2.24, 2.45) is 0 Å². The van der Waals surface area contributed by atoms with E-state index in [9.17, 15) is 9.18 Å². The Morgan fingerprint density at radius 3 is 2.81 bits per heavy atom. The van der Waals surface area contributed by atoms with Crippen molar-refractivity contribution >= 4 is 11.7 Å². The van der Waals surface area contributed by atoms with Crippen LogP contribution >= 0.6 is 0 Å². The number of nitrogen functional groups attached to an aromatic ring is 1. The molecule has 110 valence electrons. The van der Waals surface area contributed by atoms with E-state index in [4.69, 9.17) is 15.2 Å². The van der Waals surface area contributed by atoms with Crippen molar-refractivity contribution in [3.8, 4) is 5.75 Å². The van der Waals surface area contributed by atoms with Crippen molar-refractivity contribution in [3.63, 3.8) is 0 Å². The van der Waals surface area contributed by atoms with Gasteiger partial charge in [-0.3, -0.25) is 4.98 Å². The van der Waals surface area contributed by atoms with Gasteiger partial charge in [-0.05, 0) is 30.7 Å². The molecule has 0 aliphatic carbocycles. The lowest BCUT2D eigenvalue weighted by Crippen LogP contribution is -2.09. The van der Waals surface area contributed by atoms with Gasteiger partial charge in [0.1, 0.15) is 6.61 Å². The normalized spacial score (nSPS) is 10.2. The minimum Gasteiger partial charge on any atom is -0.494 e. The summed E-state index contributed by atoms with van der Waals surface area (Å²) in [4.78, 5) is 16.0. The third-order valence-corrected chi connectivity index (χ3v) is 2.91. The molecule has 0 amide bonds. The van der Waals surface area contributed by atoms with Crippen LogP contribution in [0.25, 0.3) is 0 Å². The van der Waals surface area contributed by atoms with Gasteiger partial charge in [0.25, 0.3) is 0 Å². The molecule has 0 unspecified atom stereocenters. The van der Waals surface area contributed by atoms with E-state index in [0.29, 0.717) is 22.5 Å². The Labute approximate surface area is 121 Å². The van der Waals surface area contributed by atoms with Gasteiger partial charge in [-0.25, -0.2) is 9.18 Å². The summed E-state index contributed by atoms with van der Waals surface area (Å²) >= 11 is 0. The monoisotopic (exact) mass is 290 g/mol. The fraction of sp³-hybridized carbons (Fsp3) is 0.200. The summed E-state index contributed by atoms with van der Waals surface area (Å²) in [6.45, 7) is 1.64. The van der Waals surface area contributed by atoms with Gasteiger partial charge in [0, 0.05) is 0 Å². The molecule has 5 nitrogen and oxygen atoms in total. The maximum Gasteiger partial charge on any atom is 0.340 e. The molecule has 1 aromatic heterocycles. The van der Waals surface area contributed by atoms with E-state index in [1.807, 2.05) is 0 Å². The standard InChI is InChI=1S/C15H15FN2O3/c1-9-12(6-11(17)7-18-9)15(19)21-8-10-3-4-14(20-2)13(16)5-10/h3-7H,8,17H2,1-2H3. The topological polar surface area (TPSA) is 74.4 Å². The predicted octanol–water partition coefficient (Wildman–Crippen LogP) is 2.48. The first-order valence-corrected chi connectivity index (χ1v) is 6.23. The molecule has 0 saturated heterocycles. The van der Waals surface area contributed by atoms with Crippen LogP contribution in [-0.4, -0.2) is 18.1 Å². The summed E-state index contributed by atoms with van der Waals surface area (Å²) in [5.41, 5.74) is 7.31. The first-order chi connectivity index (χ1) is 10.0. The molecular formula is C15H15FN2O3. The Morgan fingerprint density at radius 2 is 2.14 bits per heavy atom. The summed E-state index contributed by atoms with van der Waals surface area (Å²) in [5, 5.41) is 0. The second-order valence-corrected chi connectivity index (χ2v) is 4.45. The van der Waals surface area contributed by atoms with Crippen LogP contribution in [0.1, 0.15) is 21.6 Å². The van der Waals surface area contributed by atoms with Gasteiger partial charge in [-0.15, -0.1) is 0 Å². The quantitative estimate of drug-likeness (QED) is 0.876. The number of ether oxygens (including phenoxy) is 2. The maximum absolute atomic E-state index is 13.5. The second-order valence-electron chi connectivity index (χ2n) is 4.45. The number of hydrogen-bond acceptors (Lipinski definition) is 5. The molecule has 0 aliphatic heterocycles. The third kappa shape index (κ3) is 3.47. The predicted molar refractivity (Wildman–Crippen MR) is 75.5 cm³/mol. The van der Waals surface area contributed by atoms with Gasteiger partial charge in [0.15, 0.2) is 11.6 Å². The number of benzene rings is 1. The fourth-order valence-corrected chi connectivity index (χ4v) is 1.78. The number of pyridine rings is 1. The highest BCUT2D eigenvalue weighted by atomic mass is 19.1. The molecule has 0 bridgehead atoms. The number of aryl methyl sites for hydroxylation is 1. The number of carbonyl (C=O) groups excluding carboxylic acids is 1. The van der Waals surface area contributed by atoms with Crippen molar-refractivity contribution in [1.82, 2.24) is 4.98 Å². The SMILES string of the molecule is COc1ccc(COC(=O)c2cc(N)cnc2C)cc1F. The lowest BCUT2D eigenvalue weighted by molar-refractivity contribution is 0.0471. The zero-order valence-corrected chi connectivity index (χ0v) is 11.7. The van der Waals surface area contributed by atoms with Crippen molar-refractivity contribution in [2.45, 2.75) is 13.5 Å². The minimum atomic E-state index is -0.552. The highest BCUT2D eigenvalue weighted by Crippen LogP contribution is 2.19. The van der Waals surface area contributed by atoms with Crippen molar-refractivity contribution in [1.29, 1.82) is 0 Å². The largest absolute Gasteiger partial charge is 0.494 e. The average molecular weight is 290 g/mol. The molecule has 21 heavy (non-hydrogen) atoms. The molecule has 0 atom stereocenters. The van der Waals surface area contributed by atoms with E-state index in [0.717, 1.165) is 0 Å². The first-order valence-electron chi connectivity index (χ1n) is 6.23. The number of nitrogens with zero attached hydrogens (tertiary/aromatic N) is 1. The van der Waals surface area contributed by atoms with E-state index in [1.165, 1.54) is 31.5 Å². The summed E-state index contributed by atoms with van der Waals surface area (Å²) in [6.07, 6.45) is 1.46. The maximum atomic E-state index is 13.5. The second kappa shape index (κ2) is 6.21. The number of rotatable bonds is 4. The van der Waals surface area contributed by atoms with Crippen molar-refractivity contribution in [2.75, 3.05) is 12.8 Å². The van der Waals surface area contributed by atoms with Crippen LogP contribution in [0.3, 0.4) is 0 Å². The Kier molecular flexibility index (Phi) is 4.37. The molecule has 2 aromatic rings. The van der Waals surface area contributed by atoms with Crippen LogP contribution in [0.4, 0.5) is 10.1 Å². The molecular weight excluding hydrogens is 275 g/mol. The number of anilines is 1. The zero-order valence-electron chi connectivity index (χ0n) is 11.7. The molecule has 0 radical (unpaired) electrons. The molecule has 0 fully saturated rings. The molecule has 0 aliphatic rings. The van der Waals surface area contributed by atoms with Crippen LogP contribution in [0.15, 0.2) is 30.5 Å². The van der Waals surface area contributed by atoms with E-state index in [2.05, 4.69) is 4.98 Å². The Hall–Kier alpha value is -2.63. The first kappa shape index (κ1) is 14.8. The van der Waals surface area contributed by atoms with Crippen LogP contribution in [0.2, 0.25) is 0 Å². The smallest absolute Gasteiger partial charge is 0.340 e. The molecule has 6 heteroatoms. The van der Waals surface area contributed by atoms with Gasteiger partial charge in [0.2, 0.25) is 0 Å². The van der Waals surface area contributed by atoms with Gasteiger partial charge >= 0.3 is 5.97 Å². The van der Waals surface area contributed by atoms with Gasteiger partial charge in [-0.2, -0.15) is 0 Å². The van der Waals surface area contributed by atoms with Crippen LogP contribution < -0.4 is 10.5 Å². The average Bonchev–Trinajstić information content (AvgIpc) is 2.47. The number of nitrogens with two attached hydrogens (primary N) is 1. The number of aromatic nitrogens is 1. The lowest BCUT2D eigenvalue weighted by Gasteiger charge is -2.08. The molecule has 0 saturated carbocycles.